The summed E-state index contributed by atoms with van der Waals surface area (Å²) in [6.45, 7) is 4.68. The summed E-state index contributed by atoms with van der Waals surface area (Å²) in [6.07, 6.45) is 2.02. The van der Waals surface area contributed by atoms with E-state index in [0.717, 1.165) is 11.3 Å². The van der Waals surface area contributed by atoms with E-state index in [0.29, 0.717) is 24.4 Å². The molecule has 0 saturated carbocycles. The lowest BCUT2D eigenvalue weighted by atomic mass is 10.1. The second-order valence-corrected chi connectivity index (χ2v) is 6.79. The number of nitrogens with one attached hydrogen (secondary N) is 1. The smallest absolute Gasteiger partial charge is 0.266 e. The van der Waals surface area contributed by atoms with Gasteiger partial charge < -0.3 is 10.1 Å². The molecule has 0 aliphatic heterocycles. The average Bonchev–Trinajstić information content (AvgIpc) is 2.77. The number of amides is 1. The van der Waals surface area contributed by atoms with Crippen molar-refractivity contribution in [2.45, 2.75) is 33.4 Å². The predicted molar refractivity (Wildman–Crippen MR) is 116 cm³/mol. The van der Waals surface area contributed by atoms with Gasteiger partial charge >= 0.3 is 0 Å². The molecule has 0 spiro atoms. The summed E-state index contributed by atoms with van der Waals surface area (Å²) in [5.41, 5.74) is 1.63. The summed E-state index contributed by atoms with van der Waals surface area (Å²) in [5, 5.41) is 7.08. The molecule has 9 nitrogen and oxygen atoms in total. The van der Waals surface area contributed by atoms with E-state index < -0.39 is 0 Å². The van der Waals surface area contributed by atoms with Crippen LogP contribution in [0.1, 0.15) is 19.5 Å². The molecule has 0 radical (unpaired) electrons. The van der Waals surface area contributed by atoms with E-state index in [1.54, 1.807) is 6.07 Å². The number of rotatable bonds is 9. The highest BCUT2D eigenvalue weighted by Crippen LogP contribution is 2.19. The molecule has 0 aliphatic carbocycles. The molecule has 0 unspecified atom stereocenters. The fraction of sp³-hybridized carbons (Fsp3) is 0.318. The maximum atomic E-state index is 12.1. The first kappa shape index (κ1) is 21.9. The van der Waals surface area contributed by atoms with E-state index in [9.17, 15) is 14.4 Å². The van der Waals surface area contributed by atoms with Crippen molar-refractivity contribution in [3.8, 4) is 17.0 Å². The highest BCUT2D eigenvalue weighted by molar-refractivity contribution is 5.75. The second-order valence-electron chi connectivity index (χ2n) is 6.79. The first-order valence-electron chi connectivity index (χ1n) is 10.1. The predicted octanol–water partition coefficient (Wildman–Crippen LogP) is 1.24. The van der Waals surface area contributed by atoms with E-state index in [1.165, 1.54) is 27.7 Å². The van der Waals surface area contributed by atoms with Crippen LogP contribution in [0.2, 0.25) is 0 Å². The Hall–Kier alpha value is -3.75. The minimum atomic E-state index is -0.344. The molecule has 0 saturated heterocycles. The van der Waals surface area contributed by atoms with E-state index in [-0.39, 0.29) is 36.7 Å². The molecular weight excluding hydrogens is 398 g/mol. The van der Waals surface area contributed by atoms with Crippen molar-refractivity contribution in [3.05, 3.63) is 75.2 Å². The van der Waals surface area contributed by atoms with Gasteiger partial charge in [-0.2, -0.15) is 5.10 Å². The van der Waals surface area contributed by atoms with Gasteiger partial charge in [-0.1, -0.05) is 6.92 Å². The first-order chi connectivity index (χ1) is 15.0. The Morgan fingerprint density at radius 3 is 2.52 bits per heavy atom. The fourth-order valence-electron chi connectivity index (χ4n) is 2.94. The number of ether oxygens (including phenoxy) is 1. The molecule has 1 aromatic carbocycles. The summed E-state index contributed by atoms with van der Waals surface area (Å²) in [5.74, 6) is 0.421. The van der Waals surface area contributed by atoms with Gasteiger partial charge in [0, 0.05) is 29.9 Å². The van der Waals surface area contributed by atoms with E-state index >= 15 is 0 Å². The van der Waals surface area contributed by atoms with Gasteiger partial charge in [0.15, 0.2) is 0 Å². The van der Waals surface area contributed by atoms with Crippen molar-refractivity contribution in [2.75, 3.05) is 13.2 Å². The average molecular weight is 423 g/mol. The van der Waals surface area contributed by atoms with Crippen molar-refractivity contribution in [3.63, 3.8) is 0 Å². The van der Waals surface area contributed by atoms with E-state index in [1.807, 2.05) is 38.1 Å². The Balaban J connectivity index is 1.60. The molecule has 1 amide bonds. The second kappa shape index (κ2) is 10.3. The van der Waals surface area contributed by atoms with Crippen LogP contribution in [0.5, 0.6) is 5.75 Å². The summed E-state index contributed by atoms with van der Waals surface area (Å²) < 4.78 is 7.98. The standard InChI is InChI=1S/C22H25N5O4/c1-3-17-13-22(30)26(15-24-17)14-20(28)23-11-12-27-21(29)10-9-19(25-27)16-5-7-18(8-6-16)31-4-2/h5-10,13,15H,3-4,11-12,14H2,1-2H3,(H,23,28). The van der Waals surface area contributed by atoms with Crippen LogP contribution >= 0.6 is 0 Å². The topological polar surface area (TPSA) is 108 Å². The van der Waals surface area contributed by atoms with Crippen LogP contribution in [0, 0.1) is 0 Å². The number of carbonyl (C=O) groups is 1. The van der Waals surface area contributed by atoms with Crippen LogP contribution in [0.25, 0.3) is 11.3 Å². The van der Waals surface area contributed by atoms with Crippen molar-refractivity contribution in [1.82, 2.24) is 24.6 Å². The Labute approximate surface area is 179 Å². The van der Waals surface area contributed by atoms with Crippen LogP contribution in [0.3, 0.4) is 0 Å². The zero-order valence-corrected chi connectivity index (χ0v) is 17.6. The minimum absolute atomic E-state index is 0.135. The Bertz CT molecular complexity index is 1150. The van der Waals surface area contributed by atoms with Crippen LogP contribution in [0.4, 0.5) is 0 Å². The zero-order valence-electron chi connectivity index (χ0n) is 17.6. The third-order valence-corrected chi connectivity index (χ3v) is 4.59. The van der Waals surface area contributed by atoms with E-state index in [2.05, 4.69) is 15.4 Å². The maximum absolute atomic E-state index is 12.1. The van der Waals surface area contributed by atoms with Crippen molar-refractivity contribution in [2.24, 2.45) is 0 Å². The third kappa shape index (κ3) is 5.88. The normalized spacial score (nSPS) is 10.6. The lowest BCUT2D eigenvalue weighted by molar-refractivity contribution is -0.121. The number of aryl methyl sites for hydroxylation is 1. The summed E-state index contributed by atoms with van der Waals surface area (Å²) in [6, 6.07) is 12.0. The molecule has 162 valence electrons. The number of benzene rings is 1. The molecule has 31 heavy (non-hydrogen) atoms. The van der Waals surface area contributed by atoms with Crippen molar-refractivity contribution in [1.29, 1.82) is 0 Å². The number of nitrogens with zero attached hydrogens (tertiary/aromatic N) is 4. The number of carbonyl (C=O) groups excluding carboxylic acids is 1. The highest BCUT2D eigenvalue weighted by Gasteiger charge is 2.07. The van der Waals surface area contributed by atoms with Gasteiger partial charge in [-0.25, -0.2) is 9.67 Å². The zero-order chi connectivity index (χ0) is 22.2. The number of aromatic nitrogens is 4. The largest absolute Gasteiger partial charge is 0.494 e. The van der Waals surface area contributed by atoms with Gasteiger partial charge in [0.1, 0.15) is 12.3 Å². The van der Waals surface area contributed by atoms with Crippen LogP contribution in [-0.2, 0) is 24.3 Å². The molecule has 2 aromatic heterocycles. The quantitative estimate of drug-likeness (QED) is 0.555. The van der Waals surface area contributed by atoms with Gasteiger partial charge in [0.05, 0.1) is 25.2 Å². The lowest BCUT2D eigenvalue weighted by Gasteiger charge is -2.10. The van der Waals surface area contributed by atoms with Crippen molar-refractivity contribution >= 4 is 5.91 Å². The lowest BCUT2D eigenvalue weighted by Crippen LogP contribution is -2.36. The SMILES string of the molecule is CCOc1ccc(-c2ccc(=O)n(CCNC(=O)Cn3cnc(CC)cc3=O)n2)cc1. The third-order valence-electron chi connectivity index (χ3n) is 4.59. The number of hydrogen-bond donors (Lipinski definition) is 1. The molecule has 0 aliphatic rings. The van der Waals surface area contributed by atoms with Crippen LogP contribution in [0.15, 0.2) is 58.4 Å². The molecule has 3 rings (SSSR count). The molecule has 0 atom stereocenters. The molecular formula is C22H25N5O4. The van der Waals surface area contributed by atoms with Crippen molar-refractivity contribution < 1.29 is 9.53 Å². The van der Waals surface area contributed by atoms with Gasteiger partial charge in [-0.3, -0.25) is 19.0 Å². The van der Waals surface area contributed by atoms with Gasteiger partial charge in [0.25, 0.3) is 11.1 Å². The summed E-state index contributed by atoms with van der Waals surface area (Å²) in [7, 11) is 0. The Kier molecular flexibility index (Phi) is 7.31. The van der Waals surface area contributed by atoms with Crippen LogP contribution < -0.4 is 21.2 Å². The minimum Gasteiger partial charge on any atom is -0.494 e. The molecule has 1 N–H and O–H groups in total. The molecule has 3 aromatic rings. The maximum Gasteiger partial charge on any atom is 0.266 e. The van der Waals surface area contributed by atoms with Gasteiger partial charge in [-0.05, 0) is 43.7 Å². The van der Waals surface area contributed by atoms with E-state index in [4.69, 9.17) is 4.74 Å². The molecule has 2 heterocycles. The summed E-state index contributed by atoms with van der Waals surface area (Å²) >= 11 is 0. The highest BCUT2D eigenvalue weighted by atomic mass is 16.5. The monoisotopic (exact) mass is 423 g/mol. The Morgan fingerprint density at radius 1 is 1.06 bits per heavy atom. The van der Waals surface area contributed by atoms with Crippen LogP contribution in [-0.4, -0.2) is 38.4 Å². The number of hydrogen-bond acceptors (Lipinski definition) is 6. The van der Waals surface area contributed by atoms with Gasteiger partial charge in [-0.15, -0.1) is 0 Å². The molecule has 0 bridgehead atoms. The Morgan fingerprint density at radius 2 is 1.84 bits per heavy atom. The fourth-order valence-corrected chi connectivity index (χ4v) is 2.94. The molecule has 0 fully saturated rings. The summed E-state index contributed by atoms with van der Waals surface area (Å²) in [4.78, 5) is 40.4. The van der Waals surface area contributed by atoms with Gasteiger partial charge in [0.2, 0.25) is 5.91 Å². The first-order valence-corrected chi connectivity index (χ1v) is 10.1. The molecule has 9 heteroatoms.